The van der Waals surface area contributed by atoms with Gasteiger partial charge in [-0.15, -0.1) is 11.3 Å². The Kier molecular flexibility index (Phi) is 6.67. The van der Waals surface area contributed by atoms with Crippen LogP contribution in [0.1, 0.15) is 52.0 Å². The first-order chi connectivity index (χ1) is 14.8. The van der Waals surface area contributed by atoms with E-state index in [0.29, 0.717) is 5.76 Å². The molecule has 0 saturated carbocycles. The SMILES string of the molecule is Cc1sc(NC(=O)c2ccco2)c([C@H](c2ccc(Br)cc2)N2C[C@H](C)O[C@@H](C)C2)c1C. The fourth-order valence-electron chi connectivity index (χ4n) is 4.27. The molecule has 1 fully saturated rings. The van der Waals surface area contributed by atoms with Crippen LogP contribution in [0.3, 0.4) is 0 Å². The molecule has 1 aromatic carbocycles. The zero-order valence-corrected chi connectivity index (χ0v) is 20.5. The molecule has 3 heterocycles. The van der Waals surface area contributed by atoms with Gasteiger partial charge in [-0.25, -0.2) is 0 Å². The molecule has 164 valence electrons. The normalized spacial score (nSPS) is 20.5. The summed E-state index contributed by atoms with van der Waals surface area (Å²) in [6, 6.07) is 11.9. The molecule has 0 spiro atoms. The molecule has 7 heteroatoms. The predicted molar refractivity (Wildman–Crippen MR) is 128 cm³/mol. The van der Waals surface area contributed by atoms with Crippen LogP contribution in [0.4, 0.5) is 5.00 Å². The van der Waals surface area contributed by atoms with Gasteiger partial charge in [-0.1, -0.05) is 28.1 Å². The number of thiophene rings is 1. The van der Waals surface area contributed by atoms with E-state index in [1.165, 1.54) is 22.3 Å². The van der Waals surface area contributed by atoms with Crippen molar-refractivity contribution in [2.24, 2.45) is 0 Å². The largest absolute Gasteiger partial charge is 0.459 e. The molecule has 1 aliphatic rings. The lowest BCUT2D eigenvalue weighted by Crippen LogP contribution is -2.47. The van der Waals surface area contributed by atoms with E-state index in [0.717, 1.165) is 28.1 Å². The predicted octanol–water partition coefficient (Wildman–Crippen LogP) is 6.17. The van der Waals surface area contributed by atoms with Crippen LogP contribution in [-0.4, -0.2) is 36.1 Å². The maximum absolute atomic E-state index is 12.8. The number of halogens is 1. The van der Waals surface area contributed by atoms with E-state index < -0.39 is 0 Å². The Bertz CT molecular complexity index is 1040. The number of rotatable bonds is 5. The molecule has 3 aromatic rings. The summed E-state index contributed by atoms with van der Waals surface area (Å²) in [5.41, 5.74) is 3.55. The minimum atomic E-state index is -0.231. The van der Waals surface area contributed by atoms with Crippen molar-refractivity contribution in [1.29, 1.82) is 0 Å². The standard InChI is InChI=1S/C24H27BrN2O3S/c1-14-12-27(13-15(2)30-14)22(18-7-9-19(25)10-8-18)21-16(3)17(4)31-24(21)26-23(28)20-6-5-11-29-20/h5-11,14-15,22H,12-13H2,1-4H3,(H,26,28)/t14-,15-,22-/m0/s1. The molecule has 0 radical (unpaired) electrons. The summed E-state index contributed by atoms with van der Waals surface area (Å²) in [6.45, 7) is 10.1. The zero-order chi connectivity index (χ0) is 22.1. The highest BCUT2D eigenvalue weighted by atomic mass is 79.9. The Labute approximate surface area is 195 Å². The molecule has 1 N–H and O–H groups in total. The summed E-state index contributed by atoms with van der Waals surface area (Å²) in [6.07, 6.45) is 1.80. The number of morpholine rings is 1. The number of hydrogen-bond donors (Lipinski definition) is 1. The van der Waals surface area contributed by atoms with Gasteiger partial charge in [0.25, 0.3) is 5.91 Å². The van der Waals surface area contributed by atoms with E-state index in [1.54, 1.807) is 23.5 Å². The summed E-state index contributed by atoms with van der Waals surface area (Å²) in [5, 5.41) is 3.99. The molecule has 3 atom stereocenters. The Hall–Kier alpha value is -1.93. The molecule has 31 heavy (non-hydrogen) atoms. The molecule has 4 rings (SSSR count). The fraction of sp³-hybridized carbons (Fsp3) is 0.375. The van der Waals surface area contributed by atoms with E-state index in [2.05, 4.69) is 78.1 Å². The number of ether oxygens (including phenoxy) is 1. The second-order valence-electron chi connectivity index (χ2n) is 8.12. The maximum atomic E-state index is 12.8. The monoisotopic (exact) mass is 502 g/mol. The van der Waals surface area contributed by atoms with Crippen molar-refractivity contribution in [2.75, 3.05) is 18.4 Å². The molecule has 0 unspecified atom stereocenters. The van der Waals surface area contributed by atoms with Crippen molar-refractivity contribution in [1.82, 2.24) is 4.90 Å². The van der Waals surface area contributed by atoms with Gasteiger partial charge < -0.3 is 14.5 Å². The van der Waals surface area contributed by atoms with Crippen molar-refractivity contribution in [3.63, 3.8) is 0 Å². The van der Waals surface area contributed by atoms with Gasteiger partial charge >= 0.3 is 0 Å². The van der Waals surface area contributed by atoms with Gasteiger partial charge in [-0.05, 0) is 63.1 Å². The van der Waals surface area contributed by atoms with Gasteiger partial charge in [0.15, 0.2) is 5.76 Å². The summed E-state index contributed by atoms with van der Waals surface area (Å²) in [4.78, 5) is 16.5. The average Bonchev–Trinajstić information content (AvgIpc) is 3.34. The molecule has 2 aromatic heterocycles. The summed E-state index contributed by atoms with van der Waals surface area (Å²) < 4.78 is 12.4. The second kappa shape index (κ2) is 9.28. The Balaban J connectivity index is 1.79. The van der Waals surface area contributed by atoms with Crippen molar-refractivity contribution in [3.8, 4) is 0 Å². The van der Waals surface area contributed by atoms with Crippen LogP contribution in [-0.2, 0) is 4.74 Å². The van der Waals surface area contributed by atoms with Crippen LogP contribution in [0.5, 0.6) is 0 Å². The third-order valence-electron chi connectivity index (χ3n) is 5.68. The smallest absolute Gasteiger partial charge is 0.291 e. The third-order valence-corrected chi connectivity index (χ3v) is 7.34. The number of nitrogens with one attached hydrogen (secondary N) is 1. The van der Waals surface area contributed by atoms with Crippen molar-refractivity contribution in [3.05, 3.63) is 74.5 Å². The molecule has 1 aliphatic heterocycles. The number of furan rings is 1. The first-order valence-electron chi connectivity index (χ1n) is 10.4. The number of hydrogen-bond acceptors (Lipinski definition) is 5. The van der Waals surface area contributed by atoms with Gasteiger partial charge in [0, 0.05) is 28.0 Å². The van der Waals surface area contributed by atoms with E-state index in [9.17, 15) is 4.79 Å². The number of anilines is 1. The summed E-state index contributed by atoms with van der Waals surface area (Å²) in [7, 11) is 0. The van der Waals surface area contributed by atoms with Gasteiger partial charge in [-0.2, -0.15) is 0 Å². The Morgan fingerprint density at radius 1 is 1.16 bits per heavy atom. The molecular weight excluding hydrogens is 476 g/mol. The highest BCUT2D eigenvalue weighted by Crippen LogP contribution is 2.43. The molecular formula is C24H27BrN2O3S. The molecule has 0 bridgehead atoms. The van der Waals surface area contributed by atoms with Crippen LogP contribution in [0.2, 0.25) is 0 Å². The van der Waals surface area contributed by atoms with Crippen molar-refractivity contribution in [2.45, 2.75) is 45.9 Å². The minimum absolute atomic E-state index is 0.0127. The molecule has 1 amide bonds. The van der Waals surface area contributed by atoms with Crippen LogP contribution in [0, 0.1) is 13.8 Å². The van der Waals surface area contributed by atoms with E-state index in [4.69, 9.17) is 9.15 Å². The first-order valence-corrected chi connectivity index (χ1v) is 12.0. The molecule has 0 aliphatic carbocycles. The Morgan fingerprint density at radius 2 is 1.84 bits per heavy atom. The van der Waals surface area contributed by atoms with Gasteiger partial charge in [0.2, 0.25) is 0 Å². The lowest BCUT2D eigenvalue weighted by Gasteiger charge is -2.41. The highest BCUT2D eigenvalue weighted by molar-refractivity contribution is 9.10. The molecule has 1 saturated heterocycles. The maximum Gasteiger partial charge on any atom is 0.291 e. The van der Waals surface area contributed by atoms with Crippen LogP contribution in [0.25, 0.3) is 0 Å². The highest BCUT2D eigenvalue weighted by Gasteiger charge is 2.34. The summed E-state index contributed by atoms with van der Waals surface area (Å²) >= 11 is 5.17. The van der Waals surface area contributed by atoms with E-state index >= 15 is 0 Å². The van der Waals surface area contributed by atoms with Gasteiger partial charge in [0.05, 0.1) is 24.5 Å². The van der Waals surface area contributed by atoms with Crippen LogP contribution in [0.15, 0.2) is 51.6 Å². The van der Waals surface area contributed by atoms with Gasteiger partial charge in [-0.3, -0.25) is 9.69 Å². The van der Waals surface area contributed by atoms with E-state index in [-0.39, 0.29) is 24.2 Å². The number of nitrogens with zero attached hydrogens (tertiary/aromatic N) is 1. The lowest BCUT2D eigenvalue weighted by atomic mass is 9.94. The average molecular weight is 503 g/mol. The van der Waals surface area contributed by atoms with Crippen molar-refractivity contribution >= 4 is 38.2 Å². The zero-order valence-electron chi connectivity index (χ0n) is 18.1. The first kappa shape index (κ1) is 22.3. The minimum Gasteiger partial charge on any atom is -0.459 e. The number of carbonyl (C=O) groups is 1. The topological polar surface area (TPSA) is 54.7 Å². The van der Waals surface area contributed by atoms with Crippen LogP contribution >= 0.6 is 27.3 Å². The third kappa shape index (κ3) is 4.80. The fourth-order valence-corrected chi connectivity index (χ4v) is 5.62. The van der Waals surface area contributed by atoms with E-state index in [1.807, 2.05) is 0 Å². The van der Waals surface area contributed by atoms with Crippen LogP contribution < -0.4 is 5.32 Å². The Morgan fingerprint density at radius 3 is 2.45 bits per heavy atom. The quantitative estimate of drug-likeness (QED) is 0.453. The number of benzene rings is 1. The molecule has 5 nitrogen and oxygen atoms in total. The number of carbonyl (C=O) groups excluding carboxylic acids is 1. The number of aryl methyl sites for hydroxylation is 1. The number of amides is 1. The lowest BCUT2D eigenvalue weighted by molar-refractivity contribution is -0.0765. The van der Waals surface area contributed by atoms with Crippen molar-refractivity contribution < 1.29 is 13.9 Å². The second-order valence-corrected chi connectivity index (χ2v) is 10.3. The van der Waals surface area contributed by atoms with Gasteiger partial charge in [0.1, 0.15) is 5.00 Å². The summed E-state index contributed by atoms with van der Waals surface area (Å²) in [5.74, 6) is 0.0780.